The second-order valence-electron chi connectivity index (χ2n) is 5.01. The lowest BCUT2D eigenvalue weighted by Crippen LogP contribution is -2.21. The first-order valence-electron chi connectivity index (χ1n) is 7.34. The van der Waals surface area contributed by atoms with Crippen LogP contribution in [0.2, 0.25) is 0 Å². The topological polar surface area (TPSA) is 9.23 Å². The number of allylic oxidation sites excluding steroid dienone is 1. The van der Waals surface area contributed by atoms with E-state index in [0.29, 0.717) is 0 Å². The van der Waals surface area contributed by atoms with E-state index in [2.05, 4.69) is 61.7 Å². The molecular weight excluding hydrogens is 256 g/mol. The van der Waals surface area contributed by atoms with Crippen LogP contribution in [0.5, 0.6) is 0 Å². The number of rotatable bonds is 8. The highest BCUT2D eigenvalue weighted by Gasteiger charge is 2.25. The molecular formula is C20H22O. The molecule has 0 aliphatic carbocycles. The van der Waals surface area contributed by atoms with Gasteiger partial charge in [-0.3, -0.25) is 0 Å². The first-order valence-corrected chi connectivity index (χ1v) is 7.34. The van der Waals surface area contributed by atoms with E-state index in [1.165, 1.54) is 11.1 Å². The minimum atomic E-state index is 0.0605. The Hall–Kier alpha value is -2.28. The zero-order chi connectivity index (χ0) is 14.9. The zero-order valence-corrected chi connectivity index (χ0v) is 12.3. The molecule has 0 saturated carbocycles. The maximum atomic E-state index is 5.83. The average Bonchev–Trinajstić information content (AvgIpc) is 2.55. The van der Waals surface area contributed by atoms with Crippen molar-refractivity contribution in [1.82, 2.24) is 0 Å². The third-order valence-electron chi connectivity index (χ3n) is 3.62. The molecule has 0 amide bonds. The molecule has 1 unspecified atom stereocenters. The van der Waals surface area contributed by atoms with Gasteiger partial charge in [0.2, 0.25) is 0 Å². The lowest BCUT2D eigenvalue weighted by atomic mass is 9.84. The van der Waals surface area contributed by atoms with Crippen molar-refractivity contribution in [2.24, 2.45) is 0 Å². The molecule has 1 heteroatoms. The summed E-state index contributed by atoms with van der Waals surface area (Å²) in [6.45, 7) is 7.55. The van der Waals surface area contributed by atoms with Crippen LogP contribution >= 0.6 is 0 Å². The molecule has 0 saturated heterocycles. The number of benzene rings is 2. The summed E-state index contributed by atoms with van der Waals surface area (Å²) in [5.74, 6) is 0.199. The monoisotopic (exact) mass is 278 g/mol. The summed E-state index contributed by atoms with van der Waals surface area (Å²) >= 11 is 0. The summed E-state index contributed by atoms with van der Waals surface area (Å²) in [4.78, 5) is 0. The summed E-state index contributed by atoms with van der Waals surface area (Å²) < 4.78 is 5.83. The quantitative estimate of drug-likeness (QED) is 0.469. The van der Waals surface area contributed by atoms with E-state index in [9.17, 15) is 0 Å². The summed E-state index contributed by atoms with van der Waals surface area (Å²) in [5.41, 5.74) is 2.53. The van der Waals surface area contributed by atoms with Gasteiger partial charge in [-0.15, -0.1) is 6.58 Å². The summed E-state index contributed by atoms with van der Waals surface area (Å²) in [7, 11) is 0. The molecule has 108 valence electrons. The van der Waals surface area contributed by atoms with Crippen LogP contribution in [-0.4, -0.2) is 6.10 Å². The highest BCUT2D eigenvalue weighted by Crippen LogP contribution is 2.32. The Morgan fingerprint density at radius 3 is 1.81 bits per heavy atom. The second kappa shape index (κ2) is 8.11. The molecule has 0 fully saturated rings. The fourth-order valence-corrected chi connectivity index (χ4v) is 2.66. The van der Waals surface area contributed by atoms with Gasteiger partial charge in [-0.2, -0.15) is 0 Å². The average molecular weight is 278 g/mol. The normalized spacial score (nSPS) is 11.9. The summed E-state index contributed by atoms with van der Waals surface area (Å²) in [5, 5.41) is 0. The van der Waals surface area contributed by atoms with Crippen molar-refractivity contribution in [3.63, 3.8) is 0 Å². The number of hydrogen-bond acceptors (Lipinski definition) is 1. The zero-order valence-electron chi connectivity index (χ0n) is 12.3. The molecule has 0 aliphatic heterocycles. The Balaban J connectivity index is 2.38. The molecule has 1 nitrogen and oxygen atoms in total. The summed E-state index contributed by atoms with van der Waals surface area (Å²) in [6, 6.07) is 21.0. The molecule has 1 atom stereocenters. The van der Waals surface area contributed by atoms with Crippen molar-refractivity contribution in [2.75, 3.05) is 0 Å². The molecule has 2 aromatic carbocycles. The Morgan fingerprint density at radius 2 is 1.38 bits per heavy atom. The molecule has 0 aromatic heterocycles. The second-order valence-corrected chi connectivity index (χ2v) is 5.01. The van der Waals surface area contributed by atoms with Crippen molar-refractivity contribution in [3.05, 3.63) is 97.3 Å². The van der Waals surface area contributed by atoms with E-state index >= 15 is 0 Å². The van der Waals surface area contributed by atoms with E-state index in [-0.39, 0.29) is 12.0 Å². The predicted molar refractivity (Wildman–Crippen MR) is 89.2 cm³/mol. The lowest BCUT2D eigenvalue weighted by molar-refractivity contribution is 0.121. The van der Waals surface area contributed by atoms with Gasteiger partial charge in [-0.25, -0.2) is 0 Å². The third kappa shape index (κ3) is 4.09. The molecule has 21 heavy (non-hydrogen) atoms. The molecule has 0 N–H and O–H groups in total. The van der Waals surface area contributed by atoms with Crippen LogP contribution in [0, 0.1) is 0 Å². The van der Waals surface area contributed by atoms with Gasteiger partial charge in [0.1, 0.15) is 6.10 Å². The fourth-order valence-electron chi connectivity index (χ4n) is 2.66. The molecule has 0 heterocycles. The first kappa shape index (κ1) is 15.1. The largest absolute Gasteiger partial charge is 0.498 e. The Labute approximate surface area is 127 Å². The van der Waals surface area contributed by atoms with Crippen LogP contribution in [0.1, 0.15) is 29.9 Å². The maximum absolute atomic E-state index is 5.83. The maximum Gasteiger partial charge on any atom is 0.109 e. The van der Waals surface area contributed by atoms with E-state index in [4.69, 9.17) is 4.74 Å². The Kier molecular flexibility index (Phi) is 5.83. The van der Waals surface area contributed by atoms with Crippen LogP contribution in [0.15, 0.2) is 86.2 Å². The van der Waals surface area contributed by atoms with Gasteiger partial charge >= 0.3 is 0 Å². The number of hydrogen-bond donors (Lipinski definition) is 0. The van der Waals surface area contributed by atoms with Crippen LogP contribution < -0.4 is 0 Å². The van der Waals surface area contributed by atoms with Crippen molar-refractivity contribution < 1.29 is 4.74 Å². The van der Waals surface area contributed by atoms with Gasteiger partial charge in [-0.05, 0) is 24.0 Å². The van der Waals surface area contributed by atoms with Gasteiger partial charge in [-0.1, -0.05) is 73.3 Å². The Bertz CT molecular complexity index is 505. The lowest BCUT2D eigenvalue weighted by Gasteiger charge is -2.27. The van der Waals surface area contributed by atoms with Crippen molar-refractivity contribution in [1.29, 1.82) is 0 Å². The van der Waals surface area contributed by atoms with E-state index < -0.39 is 0 Å². The van der Waals surface area contributed by atoms with E-state index in [0.717, 1.165) is 12.8 Å². The van der Waals surface area contributed by atoms with Gasteiger partial charge in [0.25, 0.3) is 0 Å². The Morgan fingerprint density at radius 1 is 0.857 bits per heavy atom. The molecule has 0 bridgehead atoms. The highest BCUT2D eigenvalue weighted by molar-refractivity contribution is 5.33. The van der Waals surface area contributed by atoms with Gasteiger partial charge in [0.05, 0.1) is 6.26 Å². The van der Waals surface area contributed by atoms with Gasteiger partial charge in [0, 0.05) is 5.92 Å². The molecule has 0 aliphatic rings. The predicted octanol–water partition coefficient (Wildman–Crippen LogP) is 5.31. The molecule has 0 spiro atoms. The van der Waals surface area contributed by atoms with Crippen LogP contribution in [0.4, 0.5) is 0 Å². The first-order chi connectivity index (χ1) is 10.4. The van der Waals surface area contributed by atoms with Crippen LogP contribution in [-0.2, 0) is 4.74 Å². The van der Waals surface area contributed by atoms with Crippen molar-refractivity contribution in [2.45, 2.75) is 24.9 Å². The van der Waals surface area contributed by atoms with Gasteiger partial charge < -0.3 is 4.74 Å². The highest BCUT2D eigenvalue weighted by atomic mass is 16.5. The van der Waals surface area contributed by atoms with Crippen molar-refractivity contribution in [3.8, 4) is 0 Å². The summed E-state index contributed by atoms with van der Waals surface area (Å²) in [6.07, 6.45) is 5.39. The fraction of sp³-hybridized carbons (Fsp3) is 0.200. The number of ether oxygens (including phenoxy) is 1. The van der Waals surface area contributed by atoms with E-state index in [1.54, 1.807) is 6.26 Å². The minimum absolute atomic E-state index is 0.0605. The molecule has 2 rings (SSSR count). The van der Waals surface area contributed by atoms with Crippen LogP contribution in [0.3, 0.4) is 0 Å². The SMILES string of the molecule is C=CCCC(OC=C)C(c1ccccc1)c1ccccc1. The van der Waals surface area contributed by atoms with Crippen molar-refractivity contribution >= 4 is 0 Å². The minimum Gasteiger partial charge on any atom is -0.498 e. The van der Waals surface area contributed by atoms with Gasteiger partial charge in [0.15, 0.2) is 0 Å². The molecule has 0 radical (unpaired) electrons. The molecule has 2 aromatic rings. The van der Waals surface area contributed by atoms with E-state index in [1.807, 2.05) is 18.2 Å². The third-order valence-corrected chi connectivity index (χ3v) is 3.62. The smallest absolute Gasteiger partial charge is 0.109 e. The standard InChI is InChI=1S/C20H22O/c1-3-5-16-19(21-4-2)20(17-12-8-6-9-13-17)18-14-10-7-11-15-18/h3-4,6-15,19-20H,1-2,5,16H2. The van der Waals surface area contributed by atoms with Crippen LogP contribution in [0.25, 0.3) is 0 Å².